The molecule has 31 heavy (non-hydrogen) atoms. The zero-order valence-electron chi connectivity index (χ0n) is 19.7. The molecular formula is C24H34BNO5. The van der Waals surface area contributed by atoms with Gasteiger partial charge in [0.2, 0.25) is 0 Å². The number of carbonyl (C=O) groups is 1. The lowest BCUT2D eigenvalue weighted by atomic mass is 9.78. The van der Waals surface area contributed by atoms with Crippen LogP contribution in [0.3, 0.4) is 0 Å². The Hall–Kier alpha value is -1.83. The van der Waals surface area contributed by atoms with Crippen molar-refractivity contribution in [3.63, 3.8) is 0 Å². The van der Waals surface area contributed by atoms with Gasteiger partial charge in [0.25, 0.3) is 0 Å². The molecule has 0 N–H and O–H groups in total. The molecule has 1 aromatic carbocycles. The van der Waals surface area contributed by atoms with Crippen LogP contribution in [0.15, 0.2) is 30.3 Å². The number of morpholine rings is 1. The fourth-order valence-electron chi connectivity index (χ4n) is 4.24. The summed E-state index contributed by atoms with van der Waals surface area (Å²) >= 11 is 0. The first-order valence-electron chi connectivity index (χ1n) is 11.1. The van der Waals surface area contributed by atoms with Crippen LogP contribution in [0.4, 0.5) is 4.79 Å². The first-order chi connectivity index (χ1) is 14.4. The molecular weight excluding hydrogens is 393 g/mol. The minimum Gasteiger partial charge on any atom is -0.444 e. The van der Waals surface area contributed by atoms with Gasteiger partial charge in [-0.1, -0.05) is 30.3 Å². The van der Waals surface area contributed by atoms with E-state index in [4.69, 9.17) is 18.8 Å². The summed E-state index contributed by atoms with van der Waals surface area (Å²) in [6.45, 7) is 14.9. The van der Waals surface area contributed by atoms with Crippen molar-refractivity contribution >= 4 is 24.2 Å². The molecule has 0 spiro atoms. The minimum atomic E-state index is -0.514. The van der Waals surface area contributed by atoms with Gasteiger partial charge in [0, 0.05) is 0 Å². The van der Waals surface area contributed by atoms with Crippen LogP contribution in [0.5, 0.6) is 0 Å². The number of carbonyl (C=O) groups excluding carboxylic acids is 1. The van der Waals surface area contributed by atoms with E-state index in [-0.39, 0.29) is 36.5 Å². The number of nitrogens with zero attached hydrogens (tertiary/aromatic N) is 1. The Bertz CT molecular complexity index is 855. The highest BCUT2D eigenvalue weighted by molar-refractivity contribution is 6.62. The van der Waals surface area contributed by atoms with Crippen molar-refractivity contribution in [2.75, 3.05) is 13.2 Å². The quantitative estimate of drug-likeness (QED) is 0.673. The lowest BCUT2D eigenvalue weighted by Crippen LogP contribution is -2.57. The van der Waals surface area contributed by atoms with Crippen molar-refractivity contribution in [1.29, 1.82) is 0 Å². The molecule has 2 fully saturated rings. The van der Waals surface area contributed by atoms with E-state index >= 15 is 0 Å². The lowest BCUT2D eigenvalue weighted by molar-refractivity contribution is -0.0510. The molecule has 0 aromatic heterocycles. The predicted molar refractivity (Wildman–Crippen MR) is 121 cm³/mol. The van der Waals surface area contributed by atoms with Crippen LogP contribution < -0.4 is 5.46 Å². The average Bonchev–Trinajstić information content (AvgIpc) is 2.87. The molecule has 0 saturated carbocycles. The molecule has 168 valence electrons. The molecule has 0 radical (unpaired) electrons. The normalized spacial score (nSPS) is 27.1. The zero-order valence-corrected chi connectivity index (χ0v) is 19.7. The fourth-order valence-corrected chi connectivity index (χ4v) is 4.24. The van der Waals surface area contributed by atoms with Crippen molar-refractivity contribution in [2.24, 2.45) is 0 Å². The van der Waals surface area contributed by atoms with E-state index in [0.717, 1.165) is 17.4 Å². The van der Waals surface area contributed by atoms with Gasteiger partial charge >= 0.3 is 13.2 Å². The van der Waals surface area contributed by atoms with Crippen molar-refractivity contribution in [2.45, 2.75) is 83.8 Å². The summed E-state index contributed by atoms with van der Waals surface area (Å²) in [4.78, 5) is 14.6. The van der Waals surface area contributed by atoms with Gasteiger partial charge in [-0.25, -0.2) is 4.79 Å². The molecule has 2 unspecified atom stereocenters. The summed E-state index contributed by atoms with van der Waals surface area (Å²) in [5.74, 6) is 0. The van der Waals surface area contributed by atoms with Gasteiger partial charge in [-0.15, -0.1) is 0 Å². The molecule has 2 bridgehead atoms. The minimum absolute atomic E-state index is 0.0172. The van der Waals surface area contributed by atoms with Crippen LogP contribution >= 0.6 is 0 Å². The van der Waals surface area contributed by atoms with Crippen LogP contribution in [0.25, 0.3) is 5.57 Å². The van der Waals surface area contributed by atoms with Crippen molar-refractivity contribution < 1.29 is 23.6 Å². The highest BCUT2D eigenvalue weighted by Gasteiger charge is 2.51. The van der Waals surface area contributed by atoms with Crippen LogP contribution in [0, 0.1) is 0 Å². The van der Waals surface area contributed by atoms with Gasteiger partial charge in [-0.3, -0.25) is 4.90 Å². The van der Waals surface area contributed by atoms with Crippen LogP contribution in [-0.2, 0) is 18.8 Å². The number of benzene rings is 1. The van der Waals surface area contributed by atoms with E-state index in [1.165, 1.54) is 5.57 Å². The molecule has 6 nitrogen and oxygen atoms in total. The Morgan fingerprint density at radius 1 is 1.06 bits per heavy atom. The number of hydrogen-bond donors (Lipinski definition) is 0. The summed E-state index contributed by atoms with van der Waals surface area (Å²) in [6, 6.07) is 8.25. The first kappa shape index (κ1) is 22.4. The Labute approximate surface area is 186 Å². The number of hydrogen-bond acceptors (Lipinski definition) is 5. The van der Waals surface area contributed by atoms with Gasteiger partial charge in [-0.05, 0) is 71.5 Å². The summed E-state index contributed by atoms with van der Waals surface area (Å²) in [5.41, 5.74) is 2.17. The Morgan fingerprint density at radius 3 is 2.23 bits per heavy atom. The van der Waals surface area contributed by atoms with E-state index in [0.29, 0.717) is 13.2 Å². The second kappa shape index (κ2) is 7.64. The Morgan fingerprint density at radius 2 is 1.68 bits per heavy atom. The topological polar surface area (TPSA) is 57.2 Å². The predicted octanol–water partition coefficient (Wildman–Crippen LogP) is 3.78. The zero-order chi connectivity index (χ0) is 22.6. The number of rotatable bonds is 2. The standard InChI is InChI=1S/C24H34BNO5/c1-22(2,3)29-21(27)26-19-12-17(13-20(26)15-28-14-19)16-8-10-18(11-9-16)25-30-23(4,5)24(6,7)31-25/h8-12,19-20H,13-15H2,1-7H3. The molecule has 1 amide bonds. The van der Waals surface area contributed by atoms with Crippen molar-refractivity contribution in [1.82, 2.24) is 4.90 Å². The molecule has 2 atom stereocenters. The molecule has 0 aliphatic carbocycles. The molecule has 3 aliphatic heterocycles. The Balaban J connectivity index is 1.51. The molecule has 1 aromatic rings. The maximum atomic E-state index is 12.8. The summed E-state index contributed by atoms with van der Waals surface area (Å²) < 4.78 is 23.7. The first-order valence-corrected chi connectivity index (χ1v) is 11.1. The van der Waals surface area contributed by atoms with Crippen LogP contribution in [-0.4, -0.2) is 60.2 Å². The third kappa shape index (κ3) is 4.41. The van der Waals surface area contributed by atoms with Gasteiger partial charge in [0.1, 0.15) is 5.60 Å². The largest absolute Gasteiger partial charge is 0.494 e. The maximum absolute atomic E-state index is 12.8. The van der Waals surface area contributed by atoms with Gasteiger partial charge < -0.3 is 18.8 Å². The smallest absolute Gasteiger partial charge is 0.444 e. The summed E-state index contributed by atoms with van der Waals surface area (Å²) in [6.07, 6.45) is 2.62. The number of amides is 1. The van der Waals surface area contributed by atoms with E-state index in [1.807, 2.05) is 25.7 Å². The van der Waals surface area contributed by atoms with Crippen molar-refractivity contribution in [3.05, 3.63) is 35.9 Å². The molecule has 2 saturated heterocycles. The maximum Gasteiger partial charge on any atom is 0.494 e. The van der Waals surface area contributed by atoms with Crippen LogP contribution in [0.1, 0.15) is 60.5 Å². The highest BCUT2D eigenvalue weighted by atomic mass is 16.7. The summed E-state index contributed by atoms with van der Waals surface area (Å²) in [5, 5.41) is 0. The van der Waals surface area contributed by atoms with E-state index in [2.05, 4.69) is 58.0 Å². The monoisotopic (exact) mass is 427 g/mol. The van der Waals surface area contributed by atoms with E-state index < -0.39 is 5.60 Å². The fraction of sp³-hybridized carbons (Fsp3) is 0.625. The summed E-state index contributed by atoms with van der Waals surface area (Å²) in [7, 11) is -0.366. The van der Waals surface area contributed by atoms with Gasteiger partial charge in [-0.2, -0.15) is 0 Å². The third-order valence-electron chi connectivity index (χ3n) is 6.61. The van der Waals surface area contributed by atoms with Gasteiger partial charge in [0.15, 0.2) is 0 Å². The molecule has 7 heteroatoms. The molecule has 3 aliphatic rings. The third-order valence-corrected chi connectivity index (χ3v) is 6.61. The number of ether oxygens (including phenoxy) is 2. The lowest BCUT2D eigenvalue weighted by Gasteiger charge is -2.44. The Kier molecular flexibility index (Phi) is 5.52. The van der Waals surface area contributed by atoms with Crippen molar-refractivity contribution in [3.8, 4) is 0 Å². The average molecular weight is 427 g/mol. The van der Waals surface area contributed by atoms with E-state index in [1.54, 1.807) is 0 Å². The SMILES string of the molecule is CC(C)(C)OC(=O)N1C2C=C(c3ccc(B4OC(C)(C)C(C)(C)O4)cc3)CC1COC2. The second-order valence-corrected chi connectivity index (χ2v) is 10.8. The molecule has 3 heterocycles. The van der Waals surface area contributed by atoms with Crippen LogP contribution in [0.2, 0.25) is 0 Å². The highest BCUT2D eigenvalue weighted by Crippen LogP contribution is 2.37. The number of fused-ring (bicyclic) bond motifs is 2. The second-order valence-electron chi connectivity index (χ2n) is 10.8. The molecule has 4 rings (SSSR count). The van der Waals surface area contributed by atoms with Gasteiger partial charge in [0.05, 0.1) is 36.5 Å². The van der Waals surface area contributed by atoms with E-state index in [9.17, 15) is 4.79 Å².